The molecule has 6 rings (SSSR count). The number of carbonyl (C=O) groups is 1. The largest absolute Gasteiger partial charge is 0.481 e. The predicted octanol–water partition coefficient (Wildman–Crippen LogP) is 6.23. The van der Waals surface area contributed by atoms with Gasteiger partial charge >= 0.3 is 5.97 Å². The predicted molar refractivity (Wildman–Crippen MR) is 154 cm³/mol. The number of nitrogens with one attached hydrogen (secondary N) is 1. The van der Waals surface area contributed by atoms with Gasteiger partial charge in [-0.2, -0.15) is 4.98 Å². The summed E-state index contributed by atoms with van der Waals surface area (Å²) in [5, 5.41) is 15.8. The molecule has 2 aliphatic heterocycles. The Morgan fingerprint density at radius 2 is 2.00 bits per heavy atom. The molecule has 202 valence electrons. The first-order valence-corrected chi connectivity index (χ1v) is 15.0. The topological polar surface area (TPSA) is 81.6 Å². The highest BCUT2D eigenvalue weighted by molar-refractivity contribution is 7.17. The number of aryl methyl sites for hydroxylation is 1. The molecule has 2 aromatic heterocycles. The van der Waals surface area contributed by atoms with Crippen LogP contribution in [0.15, 0.2) is 29.6 Å². The molecule has 1 saturated carbocycles. The van der Waals surface area contributed by atoms with Crippen molar-refractivity contribution in [1.29, 1.82) is 0 Å². The molecule has 7 nitrogen and oxygen atoms in total. The maximum Gasteiger partial charge on any atom is 0.306 e. The number of aromatic nitrogens is 2. The molecule has 2 saturated heterocycles. The molecule has 38 heavy (non-hydrogen) atoms. The summed E-state index contributed by atoms with van der Waals surface area (Å²) in [7, 11) is 0. The maximum absolute atomic E-state index is 11.4. The number of hydrogen-bond donors (Lipinski definition) is 2. The first-order chi connectivity index (χ1) is 18.2. The van der Waals surface area contributed by atoms with Crippen LogP contribution in [-0.2, 0) is 4.79 Å². The van der Waals surface area contributed by atoms with E-state index >= 15 is 0 Å². The van der Waals surface area contributed by atoms with Crippen molar-refractivity contribution in [2.45, 2.75) is 58.0 Å². The molecular formula is C29H36ClN5O2S. The van der Waals surface area contributed by atoms with E-state index in [1.807, 2.05) is 13.0 Å². The van der Waals surface area contributed by atoms with Crippen molar-refractivity contribution in [3.63, 3.8) is 0 Å². The Bertz CT molecular complexity index is 1350. The molecule has 4 heterocycles. The number of anilines is 2. The Balaban J connectivity index is 1.13. The van der Waals surface area contributed by atoms with Crippen LogP contribution in [0.1, 0.15) is 56.7 Å². The molecule has 1 aromatic carbocycles. The molecule has 1 aliphatic carbocycles. The number of aliphatic carboxylic acids is 1. The van der Waals surface area contributed by atoms with Crippen molar-refractivity contribution < 1.29 is 9.90 Å². The fourth-order valence-corrected chi connectivity index (χ4v) is 7.83. The highest BCUT2D eigenvalue weighted by atomic mass is 35.5. The second-order valence-electron chi connectivity index (χ2n) is 11.9. The van der Waals surface area contributed by atoms with Crippen LogP contribution >= 0.6 is 22.9 Å². The number of nitrogens with zero attached hydrogens (tertiary/aromatic N) is 4. The van der Waals surface area contributed by atoms with E-state index in [0.29, 0.717) is 11.8 Å². The average Bonchev–Trinajstić information content (AvgIpc) is 3.30. The third-order valence-corrected chi connectivity index (χ3v) is 10.3. The van der Waals surface area contributed by atoms with Gasteiger partial charge in [0.1, 0.15) is 5.82 Å². The second-order valence-corrected chi connectivity index (χ2v) is 13.2. The number of carboxylic acid groups (broad SMARTS) is 1. The van der Waals surface area contributed by atoms with Crippen molar-refractivity contribution >= 4 is 50.9 Å². The van der Waals surface area contributed by atoms with Crippen molar-refractivity contribution in [2.24, 2.45) is 17.8 Å². The van der Waals surface area contributed by atoms with Crippen LogP contribution in [-0.4, -0.2) is 57.7 Å². The minimum absolute atomic E-state index is 0.0158. The summed E-state index contributed by atoms with van der Waals surface area (Å²) >= 11 is 8.21. The van der Waals surface area contributed by atoms with E-state index in [4.69, 9.17) is 21.6 Å². The zero-order valence-corrected chi connectivity index (χ0v) is 23.9. The minimum Gasteiger partial charge on any atom is -0.481 e. The van der Waals surface area contributed by atoms with Gasteiger partial charge in [-0.1, -0.05) is 23.7 Å². The molecule has 2 unspecified atom stereocenters. The van der Waals surface area contributed by atoms with E-state index in [-0.39, 0.29) is 17.5 Å². The number of fused-ring (bicyclic) bond motifs is 1. The van der Waals surface area contributed by atoms with Crippen molar-refractivity contribution in [3.8, 4) is 0 Å². The number of thiophene rings is 1. The van der Waals surface area contributed by atoms with Crippen LogP contribution in [0.25, 0.3) is 10.2 Å². The number of piperidine rings is 1. The molecule has 3 fully saturated rings. The summed E-state index contributed by atoms with van der Waals surface area (Å²) in [6.45, 7) is 10.5. The third kappa shape index (κ3) is 4.75. The van der Waals surface area contributed by atoms with E-state index < -0.39 is 5.97 Å². The number of carboxylic acids is 1. The molecule has 0 spiro atoms. The second kappa shape index (κ2) is 9.96. The molecule has 3 aromatic rings. The van der Waals surface area contributed by atoms with E-state index in [9.17, 15) is 9.90 Å². The summed E-state index contributed by atoms with van der Waals surface area (Å²) < 4.78 is 1.07. The number of benzene rings is 1. The highest BCUT2D eigenvalue weighted by Crippen LogP contribution is 2.45. The van der Waals surface area contributed by atoms with Gasteiger partial charge in [-0.3, -0.25) is 9.69 Å². The molecule has 2 N–H and O–H groups in total. The average molecular weight is 554 g/mol. The molecular weight excluding hydrogens is 518 g/mol. The normalized spacial score (nSPS) is 27.1. The van der Waals surface area contributed by atoms with E-state index in [0.717, 1.165) is 77.2 Å². The Hall–Kier alpha value is -2.42. The van der Waals surface area contributed by atoms with Gasteiger partial charge in [0.2, 0.25) is 5.95 Å². The number of rotatable bonds is 7. The monoisotopic (exact) mass is 553 g/mol. The van der Waals surface area contributed by atoms with E-state index in [1.165, 1.54) is 12.8 Å². The Labute approximate surface area is 233 Å². The summed E-state index contributed by atoms with van der Waals surface area (Å²) in [5.41, 5.74) is 3.23. The molecule has 0 bridgehead atoms. The van der Waals surface area contributed by atoms with Crippen LogP contribution in [0.3, 0.4) is 0 Å². The van der Waals surface area contributed by atoms with E-state index in [2.05, 4.69) is 52.5 Å². The Morgan fingerprint density at radius 1 is 1.21 bits per heavy atom. The number of hydrogen-bond acceptors (Lipinski definition) is 7. The molecule has 0 amide bonds. The lowest BCUT2D eigenvalue weighted by Crippen LogP contribution is -2.61. The Morgan fingerprint density at radius 3 is 2.74 bits per heavy atom. The SMILES string of the molecule is Cc1ccc(C(C)Nc2nc(N3CC(C4CCCN(C5(C)CC(C(=O)O)C5)C4)C3)nc3ccsc23)c(Cl)c1. The lowest BCUT2D eigenvalue weighted by atomic mass is 9.67. The quantitative estimate of drug-likeness (QED) is 0.359. The summed E-state index contributed by atoms with van der Waals surface area (Å²) in [5.74, 6) is 2.11. The van der Waals surface area contributed by atoms with E-state index in [1.54, 1.807) is 11.3 Å². The van der Waals surface area contributed by atoms with Crippen LogP contribution in [0.5, 0.6) is 0 Å². The first-order valence-electron chi connectivity index (χ1n) is 13.7. The van der Waals surface area contributed by atoms with Gasteiger partial charge in [-0.15, -0.1) is 11.3 Å². The van der Waals surface area contributed by atoms with Crippen LogP contribution in [0, 0.1) is 24.7 Å². The van der Waals surface area contributed by atoms with Gasteiger partial charge in [-0.05, 0) is 93.5 Å². The highest BCUT2D eigenvalue weighted by Gasteiger charge is 2.49. The smallest absolute Gasteiger partial charge is 0.306 e. The fraction of sp³-hybridized carbons (Fsp3) is 0.552. The number of halogens is 1. The summed E-state index contributed by atoms with van der Waals surface area (Å²) in [4.78, 5) is 26.1. The third-order valence-electron chi connectivity index (χ3n) is 9.07. The van der Waals surface area contributed by atoms with Gasteiger partial charge in [-0.25, -0.2) is 4.98 Å². The molecule has 0 radical (unpaired) electrons. The van der Waals surface area contributed by atoms with Gasteiger partial charge in [0, 0.05) is 30.2 Å². The zero-order valence-electron chi connectivity index (χ0n) is 22.3. The summed E-state index contributed by atoms with van der Waals surface area (Å²) in [6.07, 6.45) is 4.00. The fourth-order valence-electron chi connectivity index (χ4n) is 6.65. The molecule has 3 aliphatic rings. The van der Waals surface area contributed by atoms with Crippen molar-refractivity contribution in [2.75, 3.05) is 36.4 Å². The van der Waals surface area contributed by atoms with Crippen LogP contribution < -0.4 is 10.2 Å². The summed E-state index contributed by atoms with van der Waals surface area (Å²) in [6, 6.07) is 8.27. The van der Waals surface area contributed by atoms with Gasteiger partial charge in [0.25, 0.3) is 0 Å². The molecule has 2 atom stereocenters. The maximum atomic E-state index is 11.4. The standard InChI is InChI=1S/C29H36ClN5O2S/c1-17-6-7-22(23(30)11-17)18(2)31-26-25-24(8-10-38-25)32-28(33-26)34-14-21(15-34)19-5-4-9-35(16-19)29(3)12-20(13-29)27(36)37/h6-8,10-11,18-21H,4-5,9,12-16H2,1-3H3,(H,36,37)(H,31,32,33). The van der Waals surface area contributed by atoms with Gasteiger partial charge in [0.05, 0.1) is 22.2 Å². The Kier molecular flexibility index (Phi) is 6.77. The number of likely N-dealkylation sites (tertiary alicyclic amines) is 1. The van der Waals surface area contributed by atoms with Crippen molar-refractivity contribution in [3.05, 3.63) is 45.8 Å². The van der Waals surface area contributed by atoms with Crippen LogP contribution in [0.2, 0.25) is 5.02 Å². The van der Waals surface area contributed by atoms with Gasteiger partial charge in [0.15, 0.2) is 0 Å². The lowest BCUT2D eigenvalue weighted by molar-refractivity contribution is -0.152. The first kappa shape index (κ1) is 25.8. The van der Waals surface area contributed by atoms with Crippen molar-refractivity contribution in [1.82, 2.24) is 14.9 Å². The minimum atomic E-state index is -0.640. The van der Waals surface area contributed by atoms with Crippen LogP contribution in [0.4, 0.5) is 11.8 Å². The van der Waals surface area contributed by atoms with Gasteiger partial charge < -0.3 is 15.3 Å². The molecule has 9 heteroatoms. The lowest BCUT2D eigenvalue weighted by Gasteiger charge is -2.55. The zero-order chi connectivity index (χ0) is 26.6.